The van der Waals surface area contributed by atoms with E-state index in [1.807, 2.05) is 30.3 Å². The lowest BCUT2D eigenvalue weighted by atomic mass is 10.2. The average Bonchev–Trinajstić information content (AvgIpc) is 2.28. The van der Waals surface area contributed by atoms with Crippen LogP contribution in [-0.4, -0.2) is 0 Å². The third-order valence-corrected chi connectivity index (χ3v) is 3.65. The lowest BCUT2D eigenvalue weighted by molar-refractivity contribution is 0.621. The van der Waals surface area contributed by atoms with Crippen LogP contribution in [0.1, 0.15) is 5.56 Å². The first kappa shape index (κ1) is 12.6. The SMILES string of the molecule is NCc1cc(F)cc(Sc2cccc(Br)c2)c1. The summed E-state index contributed by atoms with van der Waals surface area (Å²) in [6, 6.07) is 12.8. The summed E-state index contributed by atoms with van der Waals surface area (Å²) >= 11 is 4.93. The van der Waals surface area contributed by atoms with Crippen molar-refractivity contribution >= 4 is 27.7 Å². The van der Waals surface area contributed by atoms with Crippen molar-refractivity contribution in [2.45, 2.75) is 16.3 Å². The predicted octanol–water partition coefficient (Wildman–Crippen LogP) is 4.20. The highest BCUT2D eigenvalue weighted by molar-refractivity contribution is 9.10. The first-order valence-corrected chi connectivity index (χ1v) is 6.71. The lowest BCUT2D eigenvalue weighted by Gasteiger charge is -2.05. The largest absolute Gasteiger partial charge is 0.326 e. The first-order chi connectivity index (χ1) is 8.17. The zero-order chi connectivity index (χ0) is 12.3. The van der Waals surface area contributed by atoms with Gasteiger partial charge in [-0.2, -0.15) is 0 Å². The minimum Gasteiger partial charge on any atom is -0.326 e. The van der Waals surface area contributed by atoms with Crippen molar-refractivity contribution in [3.05, 3.63) is 58.3 Å². The zero-order valence-corrected chi connectivity index (χ0v) is 11.4. The van der Waals surface area contributed by atoms with Gasteiger partial charge >= 0.3 is 0 Å². The van der Waals surface area contributed by atoms with Crippen molar-refractivity contribution in [3.63, 3.8) is 0 Å². The minimum absolute atomic E-state index is 0.245. The second-order valence-electron chi connectivity index (χ2n) is 3.56. The Labute approximate surface area is 112 Å². The molecule has 0 aliphatic rings. The van der Waals surface area contributed by atoms with Gasteiger partial charge in [-0.3, -0.25) is 0 Å². The van der Waals surface area contributed by atoms with Gasteiger partial charge in [0.1, 0.15) is 5.82 Å². The average molecular weight is 312 g/mol. The van der Waals surface area contributed by atoms with Gasteiger partial charge in [0, 0.05) is 20.8 Å². The van der Waals surface area contributed by atoms with Gasteiger partial charge in [0.05, 0.1) is 0 Å². The number of nitrogens with two attached hydrogens (primary N) is 1. The van der Waals surface area contributed by atoms with Crippen molar-refractivity contribution in [2.24, 2.45) is 5.73 Å². The maximum Gasteiger partial charge on any atom is 0.124 e. The maximum absolute atomic E-state index is 13.3. The molecule has 0 spiro atoms. The molecule has 0 aliphatic heterocycles. The van der Waals surface area contributed by atoms with Crippen molar-refractivity contribution in [2.75, 3.05) is 0 Å². The summed E-state index contributed by atoms with van der Waals surface area (Å²) in [5.41, 5.74) is 6.33. The van der Waals surface area contributed by atoms with Crippen LogP contribution in [-0.2, 0) is 6.54 Å². The van der Waals surface area contributed by atoms with E-state index in [4.69, 9.17) is 5.73 Å². The lowest BCUT2D eigenvalue weighted by Crippen LogP contribution is -1.96. The van der Waals surface area contributed by atoms with Gasteiger partial charge in [-0.05, 0) is 42.0 Å². The van der Waals surface area contributed by atoms with Crippen molar-refractivity contribution in [1.29, 1.82) is 0 Å². The number of hydrogen-bond donors (Lipinski definition) is 1. The van der Waals surface area contributed by atoms with E-state index in [1.54, 1.807) is 0 Å². The Morgan fingerprint density at radius 3 is 2.65 bits per heavy atom. The van der Waals surface area contributed by atoms with Crippen molar-refractivity contribution in [1.82, 2.24) is 0 Å². The van der Waals surface area contributed by atoms with Gasteiger partial charge < -0.3 is 5.73 Å². The van der Waals surface area contributed by atoms with Crippen LogP contribution in [0.25, 0.3) is 0 Å². The zero-order valence-electron chi connectivity index (χ0n) is 8.99. The highest BCUT2D eigenvalue weighted by Crippen LogP contribution is 2.30. The normalized spacial score (nSPS) is 10.5. The molecule has 0 aliphatic carbocycles. The Bertz CT molecular complexity index is 531. The monoisotopic (exact) mass is 311 g/mol. The standard InChI is InChI=1S/C13H11BrFNS/c14-10-2-1-3-12(6-10)17-13-5-9(8-16)4-11(15)7-13/h1-7H,8,16H2. The summed E-state index contributed by atoms with van der Waals surface area (Å²) in [5.74, 6) is -0.245. The van der Waals surface area contributed by atoms with Crippen LogP contribution >= 0.6 is 27.7 Å². The summed E-state index contributed by atoms with van der Waals surface area (Å²) in [6.07, 6.45) is 0. The van der Waals surface area contributed by atoms with Gasteiger partial charge in [0.2, 0.25) is 0 Å². The quantitative estimate of drug-likeness (QED) is 0.919. The Morgan fingerprint density at radius 1 is 1.12 bits per heavy atom. The van der Waals surface area contributed by atoms with E-state index in [-0.39, 0.29) is 5.82 Å². The van der Waals surface area contributed by atoms with Crippen LogP contribution in [0.2, 0.25) is 0 Å². The molecule has 88 valence electrons. The third-order valence-electron chi connectivity index (χ3n) is 2.20. The second kappa shape index (κ2) is 5.67. The summed E-state index contributed by atoms with van der Waals surface area (Å²) in [5, 5.41) is 0. The van der Waals surface area contributed by atoms with E-state index < -0.39 is 0 Å². The van der Waals surface area contributed by atoms with Gasteiger partial charge in [-0.25, -0.2) is 4.39 Å². The summed E-state index contributed by atoms with van der Waals surface area (Å²) in [4.78, 5) is 1.93. The fourth-order valence-corrected chi connectivity index (χ4v) is 3.00. The van der Waals surface area contributed by atoms with Crippen LogP contribution in [0.4, 0.5) is 4.39 Å². The van der Waals surface area contributed by atoms with Crippen molar-refractivity contribution < 1.29 is 4.39 Å². The predicted molar refractivity (Wildman–Crippen MR) is 72.6 cm³/mol. The molecule has 1 nitrogen and oxygen atoms in total. The smallest absolute Gasteiger partial charge is 0.124 e. The molecule has 17 heavy (non-hydrogen) atoms. The summed E-state index contributed by atoms with van der Waals surface area (Å²) in [7, 11) is 0. The topological polar surface area (TPSA) is 26.0 Å². The molecule has 2 aromatic rings. The van der Waals surface area contributed by atoms with E-state index in [1.165, 1.54) is 23.9 Å². The number of benzene rings is 2. The molecule has 0 saturated heterocycles. The van der Waals surface area contributed by atoms with Crippen LogP contribution in [0, 0.1) is 5.82 Å². The Hall–Kier alpha value is -0.840. The number of halogens is 2. The van der Waals surface area contributed by atoms with Crippen LogP contribution in [0.5, 0.6) is 0 Å². The Morgan fingerprint density at radius 2 is 1.94 bits per heavy atom. The van der Waals surface area contributed by atoms with Crippen LogP contribution < -0.4 is 5.73 Å². The molecule has 2 rings (SSSR count). The molecule has 0 radical (unpaired) electrons. The van der Waals surface area contributed by atoms with E-state index in [2.05, 4.69) is 15.9 Å². The van der Waals surface area contributed by atoms with Crippen LogP contribution in [0.3, 0.4) is 0 Å². The number of hydrogen-bond acceptors (Lipinski definition) is 2. The molecule has 2 N–H and O–H groups in total. The highest BCUT2D eigenvalue weighted by Gasteiger charge is 2.02. The van der Waals surface area contributed by atoms with E-state index >= 15 is 0 Å². The van der Waals surface area contributed by atoms with E-state index in [0.717, 1.165) is 19.8 Å². The van der Waals surface area contributed by atoms with Gasteiger partial charge in [-0.1, -0.05) is 33.8 Å². The van der Waals surface area contributed by atoms with Crippen LogP contribution in [0.15, 0.2) is 56.7 Å². The van der Waals surface area contributed by atoms with Gasteiger partial charge in [0.25, 0.3) is 0 Å². The van der Waals surface area contributed by atoms with Gasteiger partial charge in [-0.15, -0.1) is 0 Å². The Balaban J connectivity index is 2.26. The molecule has 0 fully saturated rings. The summed E-state index contributed by atoms with van der Waals surface area (Å²) < 4.78 is 14.3. The highest BCUT2D eigenvalue weighted by atomic mass is 79.9. The molecular formula is C13H11BrFNS. The molecule has 0 amide bonds. The molecule has 0 atom stereocenters. The van der Waals surface area contributed by atoms with E-state index in [9.17, 15) is 4.39 Å². The third kappa shape index (κ3) is 3.56. The summed E-state index contributed by atoms with van der Waals surface area (Å²) in [6.45, 7) is 0.351. The second-order valence-corrected chi connectivity index (χ2v) is 5.62. The van der Waals surface area contributed by atoms with E-state index in [0.29, 0.717) is 6.54 Å². The molecule has 0 unspecified atom stereocenters. The molecule has 0 bridgehead atoms. The fourth-order valence-electron chi connectivity index (χ4n) is 1.46. The Kier molecular flexibility index (Phi) is 4.20. The molecule has 0 aromatic heterocycles. The first-order valence-electron chi connectivity index (χ1n) is 5.10. The number of rotatable bonds is 3. The molecule has 0 saturated carbocycles. The van der Waals surface area contributed by atoms with Crippen molar-refractivity contribution in [3.8, 4) is 0 Å². The molecule has 2 aromatic carbocycles. The molecule has 0 heterocycles. The maximum atomic E-state index is 13.3. The molecular weight excluding hydrogens is 301 g/mol. The van der Waals surface area contributed by atoms with Gasteiger partial charge in [0.15, 0.2) is 0 Å². The minimum atomic E-state index is -0.245. The molecule has 4 heteroatoms. The fraction of sp³-hybridized carbons (Fsp3) is 0.0769.